The van der Waals surface area contributed by atoms with Crippen LogP contribution in [-0.4, -0.2) is 0 Å². The Labute approximate surface area is 78.7 Å². The van der Waals surface area contributed by atoms with Crippen molar-refractivity contribution in [2.75, 3.05) is 0 Å². The van der Waals surface area contributed by atoms with Gasteiger partial charge in [-0.1, -0.05) is 6.92 Å². The highest BCUT2D eigenvalue weighted by molar-refractivity contribution is 5.43. The Hall–Kier alpha value is -1.37. The third-order valence-electron chi connectivity index (χ3n) is 2.47. The minimum atomic E-state index is 1.11. The molecule has 0 aliphatic heterocycles. The molecule has 0 aromatic carbocycles. The summed E-state index contributed by atoms with van der Waals surface area (Å²) in [5.41, 5.74) is 4.07. The molecule has 0 saturated carbocycles. The van der Waals surface area contributed by atoms with E-state index in [0.717, 1.165) is 6.42 Å². The molecule has 2 aromatic rings. The van der Waals surface area contributed by atoms with Crippen molar-refractivity contribution in [2.45, 2.75) is 20.3 Å². The van der Waals surface area contributed by atoms with E-state index < -0.39 is 0 Å². The molecule has 13 heavy (non-hydrogen) atoms. The largest absolute Gasteiger partial charge is 0.210 e. The Balaban J connectivity index is 2.74. The lowest BCUT2D eigenvalue weighted by molar-refractivity contribution is -0.512. The SMILES string of the molecule is CCc1cc2cccc[n+]2cc1C. The van der Waals surface area contributed by atoms with Crippen molar-refractivity contribution < 1.29 is 4.40 Å². The van der Waals surface area contributed by atoms with Crippen LogP contribution < -0.4 is 4.40 Å². The van der Waals surface area contributed by atoms with Crippen LogP contribution in [0.15, 0.2) is 36.7 Å². The van der Waals surface area contributed by atoms with Crippen LogP contribution in [0.4, 0.5) is 0 Å². The van der Waals surface area contributed by atoms with Crippen LogP contribution in [-0.2, 0) is 6.42 Å². The average Bonchev–Trinajstić information content (AvgIpc) is 2.17. The third-order valence-corrected chi connectivity index (χ3v) is 2.47. The Bertz CT molecular complexity index is 432. The first-order valence-corrected chi connectivity index (χ1v) is 4.71. The molecule has 0 atom stereocenters. The highest BCUT2D eigenvalue weighted by atomic mass is 14.8. The fourth-order valence-corrected chi connectivity index (χ4v) is 1.67. The zero-order valence-corrected chi connectivity index (χ0v) is 8.12. The second-order valence-corrected chi connectivity index (χ2v) is 3.37. The van der Waals surface area contributed by atoms with E-state index in [9.17, 15) is 0 Å². The molecule has 66 valence electrons. The van der Waals surface area contributed by atoms with Crippen LogP contribution in [0.25, 0.3) is 5.52 Å². The molecule has 0 radical (unpaired) electrons. The van der Waals surface area contributed by atoms with Gasteiger partial charge in [-0.25, -0.2) is 0 Å². The molecule has 0 unspecified atom stereocenters. The van der Waals surface area contributed by atoms with Gasteiger partial charge in [0.05, 0.1) is 0 Å². The van der Waals surface area contributed by atoms with Crippen molar-refractivity contribution in [1.29, 1.82) is 0 Å². The highest BCUT2D eigenvalue weighted by Crippen LogP contribution is 2.08. The van der Waals surface area contributed by atoms with E-state index >= 15 is 0 Å². The summed E-state index contributed by atoms with van der Waals surface area (Å²) in [5.74, 6) is 0. The number of nitrogens with zero attached hydrogens (tertiary/aromatic N) is 1. The number of aromatic nitrogens is 1. The summed E-state index contributed by atoms with van der Waals surface area (Å²) in [5, 5.41) is 0. The van der Waals surface area contributed by atoms with E-state index in [1.807, 2.05) is 0 Å². The zero-order valence-electron chi connectivity index (χ0n) is 8.12. The molecule has 2 rings (SSSR count). The van der Waals surface area contributed by atoms with Gasteiger partial charge in [0, 0.05) is 23.8 Å². The first-order chi connectivity index (χ1) is 6.31. The number of aryl methyl sites for hydroxylation is 2. The predicted octanol–water partition coefficient (Wildman–Crippen LogP) is 2.30. The standard InChI is InChI=1S/C12H14N/c1-3-11-8-12-6-4-5-7-13(12)9-10(11)2/h4-9H,3H2,1-2H3/q+1. The Morgan fingerprint density at radius 3 is 2.92 bits per heavy atom. The fourth-order valence-electron chi connectivity index (χ4n) is 1.67. The van der Waals surface area contributed by atoms with Crippen molar-refractivity contribution in [3.8, 4) is 0 Å². The summed E-state index contributed by atoms with van der Waals surface area (Å²) >= 11 is 0. The van der Waals surface area contributed by atoms with E-state index in [2.05, 4.69) is 54.9 Å². The van der Waals surface area contributed by atoms with Crippen LogP contribution in [0.2, 0.25) is 0 Å². The molecule has 0 saturated heterocycles. The third kappa shape index (κ3) is 1.42. The van der Waals surface area contributed by atoms with E-state index in [1.165, 1.54) is 16.6 Å². The summed E-state index contributed by atoms with van der Waals surface area (Å²) in [6.45, 7) is 4.36. The number of hydrogen-bond donors (Lipinski definition) is 0. The minimum absolute atomic E-state index is 1.11. The molecule has 0 bridgehead atoms. The molecular weight excluding hydrogens is 158 g/mol. The van der Waals surface area contributed by atoms with Crippen LogP contribution in [0, 0.1) is 6.92 Å². The molecule has 1 nitrogen and oxygen atoms in total. The van der Waals surface area contributed by atoms with Gasteiger partial charge >= 0.3 is 0 Å². The lowest BCUT2D eigenvalue weighted by atomic mass is 10.1. The topological polar surface area (TPSA) is 4.10 Å². The normalized spacial score (nSPS) is 10.6. The summed E-state index contributed by atoms with van der Waals surface area (Å²) in [6.07, 6.45) is 5.38. The number of pyridine rings is 2. The number of rotatable bonds is 1. The van der Waals surface area contributed by atoms with Gasteiger partial charge in [-0.15, -0.1) is 0 Å². The van der Waals surface area contributed by atoms with Gasteiger partial charge < -0.3 is 0 Å². The smallest absolute Gasteiger partial charge is 0.167 e. The first-order valence-electron chi connectivity index (χ1n) is 4.71. The highest BCUT2D eigenvalue weighted by Gasteiger charge is 2.04. The van der Waals surface area contributed by atoms with Gasteiger partial charge in [0.2, 0.25) is 5.52 Å². The van der Waals surface area contributed by atoms with Crippen LogP contribution in [0.5, 0.6) is 0 Å². The second kappa shape index (κ2) is 3.17. The van der Waals surface area contributed by atoms with E-state index in [4.69, 9.17) is 0 Å². The fraction of sp³-hybridized carbons (Fsp3) is 0.250. The molecule has 2 aromatic heterocycles. The number of fused-ring (bicyclic) bond motifs is 1. The average molecular weight is 172 g/mol. The van der Waals surface area contributed by atoms with E-state index in [0.29, 0.717) is 0 Å². The summed E-state index contributed by atoms with van der Waals surface area (Å²) < 4.78 is 2.16. The van der Waals surface area contributed by atoms with Crippen molar-refractivity contribution >= 4 is 5.52 Å². The van der Waals surface area contributed by atoms with E-state index in [1.54, 1.807) is 0 Å². The molecule has 0 N–H and O–H groups in total. The molecule has 0 aliphatic rings. The zero-order chi connectivity index (χ0) is 9.26. The van der Waals surface area contributed by atoms with Crippen molar-refractivity contribution in [3.63, 3.8) is 0 Å². The van der Waals surface area contributed by atoms with Gasteiger partial charge in [-0.2, -0.15) is 4.40 Å². The molecule has 0 amide bonds. The maximum atomic E-state index is 2.26. The van der Waals surface area contributed by atoms with Crippen molar-refractivity contribution in [2.24, 2.45) is 0 Å². The molecule has 0 aliphatic carbocycles. The predicted molar refractivity (Wildman–Crippen MR) is 53.7 cm³/mol. The molecular formula is C12H14N+. The van der Waals surface area contributed by atoms with Gasteiger partial charge in [-0.05, 0) is 25.0 Å². The lowest BCUT2D eigenvalue weighted by Crippen LogP contribution is -2.21. The maximum absolute atomic E-state index is 2.26. The first kappa shape index (κ1) is 8.24. The Morgan fingerprint density at radius 1 is 1.31 bits per heavy atom. The second-order valence-electron chi connectivity index (χ2n) is 3.37. The molecule has 0 spiro atoms. The maximum Gasteiger partial charge on any atom is 0.210 e. The van der Waals surface area contributed by atoms with Gasteiger partial charge in [0.15, 0.2) is 12.4 Å². The Morgan fingerprint density at radius 2 is 2.15 bits per heavy atom. The quantitative estimate of drug-likeness (QED) is 0.581. The number of hydrogen-bond acceptors (Lipinski definition) is 0. The van der Waals surface area contributed by atoms with Gasteiger partial charge in [0.25, 0.3) is 0 Å². The Kier molecular flexibility index (Phi) is 2.01. The van der Waals surface area contributed by atoms with Crippen LogP contribution >= 0.6 is 0 Å². The lowest BCUT2D eigenvalue weighted by Gasteiger charge is -1.99. The molecule has 1 heteroatoms. The van der Waals surface area contributed by atoms with Crippen molar-refractivity contribution in [1.82, 2.24) is 0 Å². The van der Waals surface area contributed by atoms with Crippen LogP contribution in [0.1, 0.15) is 18.1 Å². The van der Waals surface area contributed by atoms with E-state index in [-0.39, 0.29) is 0 Å². The minimum Gasteiger partial charge on any atom is -0.167 e. The monoisotopic (exact) mass is 172 g/mol. The molecule has 2 heterocycles. The summed E-state index contributed by atoms with van der Waals surface area (Å²) in [4.78, 5) is 0. The van der Waals surface area contributed by atoms with Gasteiger partial charge in [-0.3, -0.25) is 0 Å². The van der Waals surface area contributed by atoms with Crippen LogP contribution in [0.3, 0.4) is 0 Å². The van der Waals surface area contributed by atoms with Gasteiger partial charge in [0.1, 0.15) is 0 Å². The summed E-state index contributed by atoms with van der Waals surface area (Å²) in [6, 6.07) is 8.52. The molecule has 0 fully saturated rings. The van der Waals surface area contributed by atoms with Crippen molar-refractivity contribution in [3.05, 3.63) is 47.8 Å². The summed E-state index contributed by atoms with van der Waals surface area (Å²) in [7, 11) is 0.